The molecule has 2 aromatic heterocycles. The largest absolute Gasteiger partial charge is 0.341 e. The number of aromatic nitrogens is 3. The van der Waals surface area contributed by atoms with Crippen LogP contribution in [0.15, 0.2) is 58.9 Å². The van der Waals surface area contributed by atoms with Crippen molar-refractivity contribution in [3.8, 4) is 0 Å². The molecule has 1 unspecified atom stereocenters. The van der Waals surface area contributed by atoms with Gasteiger partial charge in [0.05, 0.1) is 0 Å². The van der Waals surface area contributed by atoms with Crippen LogP contribution in [0.1, 0.15) is 29.4 Å². The van der Waals surface area contributed by atoms with Crippen molar-refractivity contribution in [1.82, 2.24) is 20.3 Å². The van der Waals surface area contributed by atoms with Gasteiger partial charge in [0, 0.05) is 45.8 Å². The smallest absolute Gasteiger partial charge is 0.163 e. The van der Waals surface area contributed by atoms with Gasteiger partial charge in [0.25, 0.3) is 0 Å². The number of nitrogens with zero attached hydrogens (tertiary/aromatic N) is 4. The van der Waals surface area contributed by atoms with Gasteiger partial charge in [0.15, 0.2) is 16.7 Å². The molecule has 0 saturated heterocycles. The molecule has 3 heterocycles. The minimum absolute atomic E-state index is 0.306. The summed E-state index contributed by atoms with van der Waals surface area (Å²) in [5.41, 5.74) is 2.33. The van der Waals surface area contributed by atoms with Crippen LogP contribution in [0.4, 0.5) is 4.39 Å². The maximum Gasteiger partial charge on any atom is 0.163 e. The third-order valence-electron chi connectivity index (χ3n) is 3.94. The third-order valence-corrected chi connectivity index (χ3v) is 5.05. The Hall–Kier alpha value is -2.64. The van der Waals surface area contributed by atoms with Crippen LogP contribution < -0.4 is 5.32 Å². The Morgan fingerprint density at radius 2 is 1.96 bits per heavy atom. The van der Waals surface area contributed by atoms with Crippen LogP contribution in [-0.2, 0) is 0 Å². The van der Waals surface area contributed by atoms with Crippen LogP contribution in [0, 0.1) is 5.82 Å². The van der Waals surface area contributed by atoms with Gasteiger partial charge in [-0.1, -0.05) is 17.7 Å². The Morgan fingerprint density at radius 3 is 2.65 bits per heavy atom. The number of hydrogen-bond acceptors (Lipinski definition) is 6. The fourth-order valence-electron chi connectivity index (χ4n) is 2.80. The number of allylic oxidation sites excluding steroid dienone is 1. The van der Waals surface area contributed by atoms with E-state index in [-0.39, 0.29) is 0 Å². The Labute approximate surface area is 158 Å². The SMILES string of the molecule is CC1=C(c2ncccn2)C(c2ccc(F)cc2Cl)N=C(c2nccs2)N1. The highest BCUT2D eigenvalue weighted by Gasteiger charge is 2.29. The van der Waals surface area contributed by atoms with E-state index in [1.54, 1.807) is 30.7 Å². The molecule has 1 aliphatic heterocycles. The molecule has 1 atom stereocenters. The highest BCUT2D eigenvalue weighted by atomic mass is 35.5. The molecule has 1 aromatic carbocycles. The topological polar surface area (TPSA) is 63.1 Å². The van der Waals surface area contributed by atoms with Crippen LogP contribution in [0.3, 0.4) is 0 Å². The number of amidine groups is 1. The molecule has 26 heavy (non-hydrogen) atoms. The van der Waals surface area contributed by atoms with Crippen molar-refractivity contribution in [2.45, 2.75) is 13.0 Å². The van der Waals surface area contributed by atoms with Crippen LogP contribution >= 0.6 is 22.9 Å². The minimum Gasteiger partial charge on any atom is -0.341 e. The Kier molecular flexibility index (Phi) is 4.48. The summed E-state index contributed by atoms with van der Waals surface area (Å²) in [7, 11) is 0. The molecular weight excluding hydrogens is 373 g/mol. The minimum atomic E-state index is -0.467. The fourth-order valence-corrected chi connectivity index (χ4v) is 3.66. The molecule has 5 nitrogen and oxygen atoms in total. The molecule has 1 N–H and O–H groups in total. The van der Waals surface area contributed by atoms with E-state index < -0.39 is 11.9 Å². The molecule has 0 radical (unpaired) electrons. The molecule has 8 heteroatoms. The lowest BCUT2D eigenvalue weighted by atomic mass is 9.95. The fraction of sp³-hybridized carbons (Fsp3) is 0.111. The second kappa shape index (κ2) is 6.93. The molecule has 0 aliphatic carbocycles. The maximum absolute atomic E-state index is 13.5. The lowest BCUT2D eigenvalue weighted by Gasteiger charge is -2.26. The van der Waals surface area contributed by atoms with Crippen molar-refractivity contribution < 1.29 is 4.39 Å². The number of aliphatic imine (C=N–C) groups is 1. The van der Waals surface area contributed by atoms with Crippen LogP contribution in [-0.4, -0.2) is 20.8 Å². The van der Waals surface area contributed by atoms with Crippen molar-refractivity contribution in [3.05, 3.63) is 81.2 Å². The zero-order valence-corrected chi connectivity index (χ0v) is 15.2. The van der Waals surface area contributed by atoms with Gasteiger partial charge in [-0.05, 0) is 25.1 Å². The van der Waals surface area contributed by atoms with E-state index in [9.17, 15) is 4.39 Å². The number of halogens is 2. The molecule has 0 spiro atoms. The first-order valence-electron chi connectivity index (χ1n) is 7.81. The first-order chi connectivity index (χ1) is 12.6. The second-order valence-corrected chi connectivity index (χ2v) is 6.92. The maximum atomic E-state index is 13.5. The first kappa shape index (κ1) is 16.8. The molecule has 0 saturated carbocycles. The van der Waals surface area contributed by atoms with Crippen LogP contribution in [0.5, 0.6) is 0 Å². The normalized spacial score (nSPS) is 17.0. The Morgan fingerprint density at radius 1 is 1.15 bits per heavy atom. The highest BCUT2D eigenvalue weighted by Crippen LogP contribution is 2.39. The number of nitrogens with one attached hydrogen (secondary N) is 1. The predicted octanol–water partition coefficient (Wildman–Crippen LogP) is 4.25. The van der Waals surface area contributed by atoms with Gasteiger partial charge < -0.3 is 5.32 Å². The number of thiazole rings is 1. The van der Waals surface area contributed by atoms with E-state index in [4.69, 9.17) is 16.6 Å². The molecule has 3 aromatic rings. The summed E-state index contributed by atoms with van der Waals surface area (Å²) in [4.78, 5) is 17.8. The standard InChI is InChI=1S/C18H13ClFN5S/c1-10-14(16-21-5-2-6-22-16)15(12-4-3-11(20)9-13(12)19)25-17(24-10)18-23-7-8-26-18/h2-9,15H,1H3,(H,24,25). The highest BCUT2D eigenvalue weighted by molar-refractivity contribution is 7.11. The summed E-state index contributed by atoms with van der Waals surface area (Å²) in [5, 5.41) is 6.23. The summed E-state index contributed by atoms with van der Waals surface area (Å²) in [6.07, 6.45) is 5.07. The summed E-state index contributed by atoms with van der Waals surface area (Å²) < 4.78 is 13.5. The van der Waals surface area contributed by atoms with E-state index in [0.717, 1.165) is 16.3 Å². The summed E-state index contributed by atoms with van der Waals surface area (Å²) in [6, 6.07) is 5.59. The predicted molar refractivity (Wildman–Crippen MR) is 101 cm³/mol. The lowest BCUT2D eigenvalue weighted by Crippen LogP contribution is -2.30. The molecule has 4 rings (SSSR count). The van der Waals surface area contributed by atoms with E-state index in [1.165, 1.54) is 23.5 Å². The molecule has 130 valence electrons. The zero-order valence-electron chi connectivity index (χ0n) is 13.6. The van der Waals surface area contributed by atoms with E-state index in [0.29, 0.717) is 22.2 Å². The lowest BCUT2D eigenvalue weighted by molar-refractivity contribution is 0.626. The van der Waals surface area contributed by atoms with Crippen molar-refractivity contribution in [2.75, 3.05) is 0 Å². The average Bonchev–Trinajstić information content (AvgIpc) is 3.16. The van der Waals surface area contributed by atoms with Gasteiger partial charge in [-0.3, -0.25) is 4.99 Å². The van der Waals surface area contributed by atoms with Crippen LogP contribution in [0.2, 0.25) is 5.02 Å². The van der Waals surface area contributed by atoms with Crippen LogP contribution in [0.25, 0.3) is 5.57 Å². The molecule has 0 fully saturated rings. The van der Waals surface area contributed by atoms with Crippen molar-refractivity contribution in [3.63, 3.8) is 0 Å². The number of rotatable bonds is 3. The monoisotopic (exact) mass is 385 g/mol. The summed E-state index contributed by atoms with van der Waals surface area (Å²) >= 11 is 7.81. The van der Waals surface area contributed by atoms with Gasteiger partial charge in [-0.15, -0.1) is 11.3 Å². The van der Waals surface area contributed by atoms with Gasteiger partial charge in [0.1, 0.15) is 11.9 Å². The van der Waals surface area contributed by atoms with Crippen molar-refractivity contribution in [2.24, 2.45) is 4.99 Å². The average molecular weight is 386 g/mol. The molecule has 0 bridgehead atoms. The van der Waals surface area contributed by atoms with Gasteiger partial charge >= 0.3 is 0 Å². The Bertz CT molecular complexity index is 1000. The van der Waals surface area contributed by atoms with E-state index in [1.807, 2.05) is 12.3 Å². The van der Waals surface area contributed by atoms with E-state index in [2.05, 4.69) is 20.3 Å². The zero-order chi connectivity index (χ0) is 18.1. The third kappa shape index (κ3) is 3.11. The molecule has 0 amide bonds. The van der Waals surface area contributed by atoms with E-state index >= 15 is 0 Å². The summed E-state index contributed by atoms with van der Waals surface area (Å²) in [6.45, 7) is 1.93. The van der Waals surface area contributed by atoms with Gasteiger partial charge in [0.2, 0.25) is 0 Å². The molecule has 1 aliphatic rings. The number of hydrogen-bond donors (Lipinski definition) is 1. The quantitative estimate of drug-likeness (QED) is 0.732. The second-order valence-electron chi connectivity index (χ2n) is 5.62. The van der Waals surface area contributed by atoms with Crippen molar-refractivity contribution in [1.29, 1.82) is 0 Å². The number of benzene rings is 1. The first-order valence-corrected chi connectivity index (χ1v) is 9.07. The Balaban J connectivity index is 1.88. The molecular formula is C18H13ClFN5S. The summed E-state index contributed by atoms with van der Waals surface area (Å²) in [5.74, 6) is 0.794. The van der Waals surface area contributed by atoms with Gasteiger partial charge in [-0.25, -0.2) is 19.3 Å². The van der Waals surface area contributed by atoms with Crippen molar-refractivity contribution >= 4 is 34.3 Å². The van der Waals surface area contributed by atoms with Gasteiger partial charge in [-0.2, -0.15) is 0 Å².